The number of phenolic OH excluding ortho intramolecular Hbond substituents is 1. The van der Waals surface area contributed by atoms with Crippen LogP contribution in [0.3, 0.4) is 0 Å². The van der Waals surface area contributed by atoms with Crippen LogP contribution in [0.2, 0.25) is 0 Å². The van der Waals surface area contributed by atoms with Crippen LogP contribution in [0, 0.1) is 0 Å². The highest BCUT2D eigenvalue weighted by Crippen LogP contribution is 2.31. The number of aromatic nitrogens is 1. The molecule has 188 valence electrons. The van der Waals surface area contributed by atoms with Crippen molar-refractivity contribution in [2.75, 3.05) is 39.9 Å². The molecular weight excluding hydrogens is 442 g/mol. The average molecular weight is 480 g/mol. The fourth-order valence-electron chi connectivity index (χ4n) is 4.78. The van der Waals surface area contributed by atoms with Crippen molar-refractivity contribution < 1.29 is 14.6 Å². The highest BCUT2D eigenvalue weighted by molar-refractivity contribution is 5.87. The summed E-state index contributed by atoms with van der Waals surface area (Å²) in [7, 11) is 1.68. The van der Waals surface area contributed by atoms with E-state index in [4.69, 9.17) is 9.47 Å². The van der Waals surface area contributed by atoms with E-state index in [0.717, 1.165) is 53.9 Å². The molecule has 35 heavy (non-hydrogen) atoms. The minimum atomic E-state index is -0.222. The van der Waals surface area contributed by atoms with Gasteiger partial charge < -0.3 is 29.8 Å². The average Bonchev–Trinajstić information content (AvgIpc) is 2.88. The molecule has 1 saturated heterocycles. The van der Waals surface area contributed by atoms with Crippen molar-refractivity contribution >= 4 is 10.9 Å². The second-order valence-electron chi connectivity index (χ2n) is 9.30. The summed E-state index contributed by atoms with van der Waals surface area (Å²) in [6.45, 7) is 7.08. The molecule has 0 aliphatic carbocycles. The number of ether oxygens (including phenoxy) is 2. The first-order chi connectivity index (χ1) is 17.0. The lowest BCUT2D eigenvalue weighted by Crippen LogP contribution is -2.31. The molecule has 1 aliphatic heterocycles. The Morgan fingerprint density at radius 2 is 1.91 bits per heavy atom. The summed E-state index contributed by atoms with van der Waals surface area (Å²) in [5.41, 5.74) is 2.46. The molecule has 2 heterocycles. The molecule has 1 fully saturated rings. The van der Waals surface area contributed by atoms with E-state index in [1.54, 1.807) is 19.2 Å². The summed E-state index contributed by atoms with van der Waals surface area (Å²) in [6, 6.07) is 13.0. The van der Waals surface area contributed by atoms with Crippen LogP contribution >= 0.6 is 0 Å². The second kappa shape index (κ2) is 12.1. The van der Waals surface area contributed by atoms with Crippen LogP contribution in [-0.4, -0.2) is 54.9 Å². The molecule has 0 saturated carbocycles. The zero-order valence-corrected chi connectivity index (χ0v) is 20.8. The van der Waals surface area contributed by atoms with Gasteiger partial charge in [0.1, 0.15) is 5.75 Å². The maximum Gasteiger partial charge on any atom is 0.248 e. The first kappa shape index (κ1) is 25.1. The second-order valence-corrected chi connectivity index (χ2v) is 9.30. The number of hydrogen-bond acceptors (Lipinski definition) is 6. The van der Waals surface area contributed by atoms with E-state index in [1.807, 2.05) is 18.2 Å². The van der Waals surface area contributed by atoms with Gasteiger partial charge in [-0.2, -0.15) is 0 Å². The molecule has 0 spiro atoms. The van der Waals surface area contributed by atoms with Gasteiger partial charge in [-0.05, 0) is 87.6 Å². The van der Waals surface area contributed by atoms with Gasteiger partial charge in [0.05, 0.1) is 19.2 Å². The predicted molar refractivity (Wildman–Crippen MR) is 140 cm³/mol. The lowest BCUT2D eigenvalue weighted by molar-refractivity contribution is 0.203. The lowest BCUT2D eigenvalue weighted by Gasteiger charge is -2.26. The van der Waals surface area contributed by atoms with Crippen molar-refractivity contribution in [1.29, 1.82) is 0 Å². The number of phenols is 1. The number of piperidine rings is 1. The van der Waals surface area contributed by atoms with Crippen LogP contribution in [0.5, 0.6) is 17.2 Å². The highest BCUT2D eigenvalue weighted by Gasteiger charge is 2.13. The topological polar surface area (TPSA) is 86.8 Å². The highest BCUT2D eigenvalue weighted by atomic mass is 16.5. The third-order valence-electron chi connectivity index (χ3n) is 6.82. The number of H-pyrrole nitrogens is 1. The van der Waals surface area contributed by atoms with Gasteiger partial charge in [-0.3, -0.25) is 4.79 Å². The Labute approximate surface area is 207 Å². The molecule has 3 N–H and O–H groups in total. The molecule has 7 heteroatoms. The summed E-state index contributed by atoms with van der Waals surface area (Å²) >= 11 is 0. The van der Waals surface area contributed by atoms with Gasteiger partial charge in [0.15, 0.2) is 11.5 Å². The summed E-state index contributed by atoms with van der Waals surface area (Å²) in [6.07, 6.45) is 5.77. The monoisotopic (exact) mass is 479 g/mol. The predicted octanol–water partition coefficient (Wildman–Crippen LogP) is 4.39. The van der Waals surface area contributed by atoms with E-state index in [-0.39, 0.29) is 17.4 Å². The van der Waals surface area contributed by atoms with Crippen molar-refractivity contribution in [3.05, 3.63) is 63.9 Å². The first-order valence-corrected chi connectivity index (χ1v) is 12.7. The molecule has 0 amide bonds. The molecule has 7 nitrogen and oxygen atoms in total. The van der Waals surface area contributed by atoms with Gasteiger partial charge in [0.2, 0.25) is 5.56 Å². The molecule has 1 aromatic heterocycles. The first-order valence-electron chi connectivity index (χ1n) is 12.7. The van der Waals surface area contributed by atoms with Crippen LogP contribution in [0.25, 0.3) is 10.9 Å². The number of nitrogens with one attached hydrogen (secondary N) is 2. The molecule has 1 aliphatic rings. The summed E-state index contributed by atoms with van der Waals surface area (Å²) in [5.74, 6) is 1.62. The Bertz CT molecular complexity index is 1170. The van der Waals surface area contributed by atoms with E-state index in [1.165, 1.54) is 38.4 Å². The Morgan fingerprint density at radius 1 is 1.09 bits per heavy atom. The van der Waals surface area contributed by atoms with Crippen LogP contribution in [0.4, 0.5) is 0 Å². The number of likely N-dealkylation sites (tertiary alicyclic amines) is 1. The molecule has 0 bridgehead atoms. The zero-order chi connectivity index (χ0) is 24.6. The Morgan fingerprint density at radius 3 is 2.71 bits per heavy atom. The van der Waals surface area contributed by atoms with E-state index >= 15 is 0 Å². The van der Waals surface area contributed by atoms with Gasteiger partial charge in [0.25, 0.3) is 0 Å². The Balaban J connectivity index is 1.30. The molecule has 3 aromatic rings. The summed E-state index contributed by atoms with van der Waals surface area (Å²) in [4.78, 5) is 16.9. The summed E-state index contributed by atoms with van der Waals surface area (Å²) < 4.78 is 11.6. The van der Waals surface area contributed by atoms with Gasteiger partial charge in [-0.1, -0.05) is 18.6 Å². The maximum absolute atomic E-state index is 11.6. The number of aromatic amines is 1. The van der Waals surface area contributed by atoms with E-state index in [0.29, 0.717) is 12.1 Å². The molecular formula is C28H37N3O4. The van der Waals surface area contributed by atoms with Gasteiger partial charge in [-0.25, -0.2) is 0 Å². The van der Waals surface area contributed by atoms with Crippen LogP contribution < -0.4 is 20.3 Å². The number of aromatic hydroxyl groups is 1. The maximum atomic E-state index is 11.6. The van der Waals surface area contributed by atoms with E-state index in [2.05, 4.69) is 28.2 Å². The molecule has 1 atom stereocenters. The normalized spacial score (nSPS) is 15.3. The quantitative estimate of drug-likeness (QED) is 0.354. The lowest BCUT2D eigenvalue weighted by atomic mass is 10.0. The standard InChI is InChI=1S/C28H37N3O4/c1-20(29-14-13-21-7-10-24(32)28-23(21)9-12-27(33)30-28)22-8-11-25(26(19-22)34-2)35-18-6-17-31-15-4-3-5-16-31/h7-12,19-20,29,32H,3-6,13-18H2,1-2H3,(H,30,33). The largest absolute Gasteiger partial charge is 0.506 e. The van der Waals surface area contributed by atoms with Gasteiger partial charge in [0, 0.05) is 24.0 Å². The van der Waals surface area contributed by atoms with E-state index in [9.17, 15) is 9.90 Å². The number of hydrogen-bond donors (Lipinski definition) is 3. The Kier molecular flexibility index (Phi) is 8.66. The van der Waals surface area contributed by atoms with Crippen LogP contribution in [0.15, 0.2) is 47.3 Å². The SMILES string of the molecule is COc1cc(C(C)NCCc2ccc(O)c3[nH]c(=O)ccc23)ccc1OCCCN1CCCCC1. The zero-order valence-electron chi connectivity index (χ0n) is 20.8. The number of nitrogens with zero attached hydrogens (tertiary/aromatic N) is 1. The van der Waals surface area contributed by atoms with Crippen molar-refractivity contribution in [3.63, 3.8) is 0 Å². The van der Waals surface area contributed by atoms with Crippen molar-refractivity contribution in [3.8, 4) is 17.2 Å². The van der Waals surface area contributed by atoms with E-state index < -0.39 is 0 Å². The van der Waals surface area contributed by atoms with Crippen molar-refractivity contribution in [2.45, 2.75) is 45.1 Å². The van der Waals surface area contributed by atoms with Crippen molar-refractivity contribution in [1.82, 2.24) is 15.2 Å². The fraction of sp³-hybridized carbons (Fsp3) is 0.464. The third kappa shape index (κ3) is 6.55. The number of benzene rings is 2. The molecule has 2 aromatic carbocycles. The fourth-order valence-corrected chi connectivity index (χ4v) is 4.78. The number of fused-ring (bicyclic) bond motifs is 1. The van der Waals surface area contributed by atoms with Crippen molar-refractivity contribution in [2.24, 2.45) is 0 Å². The molecule has 0 radical (unpaired) electrons. The number of rotatable bonds is 11. The molecule has 4 rings (SSSR count). The van der Waals surface area contributed by atoms with Crippen LogP contribution in [0.1, 0.15) is 49.8 Å². The third-order valence-corrected chi connectivity index (χ3v) is 6.82. The van der Waals surface area contributed by atoms with Crippen LogP contribution in [-0.2, 0) is 6.42 Å². The minimum Gasteiger partial charge on any atom is -0.506 e. The minimum absolute atomic E-state index is 0.0867. The van der Waals surface area contributed by atoms with Gasteiger partial charge in [-0.15, -0.1) is 0 Å². The number of methoxy groups -OCH3 is 1. The smallest absolute Gasteiger partial charge is 0.248 e. The number of pyridine rings is 1. The molecule has 1 unspecified atom stereocenters. The Hall–Kier alpha value is -3.03. The van der Waals surface area contributed by atoms with Gasteiger partial charge >= 0.3 is 0 Å². The summed E-state index contributed by atoms with van der Waals surface area (Å²) in [5, 5.41) is 14.5.